The second-order valence-corrected chi connectivity index (χ2v) is 7.44. The van der Waals surface area contributed by atoms with Crippen LogP contribution in [0.3, 0.4) is 0 Å². The molecule has 2 fully saturated rings. The monoisotopic (exact) mass is 356 g/mol. The molecule has 1 N–H and O–H groups in total. The van der Waals surface area contributed by atoms with E-state index in [0.717, 1.165) is 63.3 Å². The summed E-state index contributed by atoms with van der Waals surface area (Å²) in [4.78, 5) is 8.65. The first-order valence-corrected chi connectivity index (χ1v) is 9.93. The highest BCUT2D eigenvalue weighted by Gasteiger charge is 2.32. The van der Waals surface area contributed by atoms with Gasteiger partial charge in [-0.2, -0.15) is 4.98 Å². The van der Waals surface area contributed by atoms with Crippen LogP contribution < -0.4 is 5.32 Å². The first-order valence-electron chi connectivity index (χ1n) is 9.93. The van der Waals surface area contributed by atoms with Gasteiger partial charge in [0, 0.05) is 43.4 Å². The molecule has 26 heavy (non-hydrogen) atoms. The minimum atomic E-state index is 0.132. The van der Waals surface area contributed by atoms with Gasteiger partial charge in [0.25, 0.3) is 0 Å². The van der Waals surface area contributed by atoms with Gasteiger partial charge in [-0.1, -0.05) is 12.1 Å². The molecular formula is C20H28N4O2. The first kappa shape index (κ1) is 17.6. The van der Waals surface area contributed by atoms with Gasteiger partial charge in [-0.05, 0) is 56.2 Å². The number of ether oxygens (including phenoxy) is 1. The van der Waals surface area contributed by atoms with E-state index in [1.807, 2.05) is 12.4 Å². The average molecular weight is 356 g/mol. The van der Waals surface area contributed by atoms with Crippen LogP contribution in [-0.2, 0) is 11.2 Å². The summed E-state index contributed by atoms with van der Waals surface area (Å²) in [6.07, 6.45) is 11.5. The minimum Gasteiger partial charge on any atom is -0.372 e. The fourth-order valence-electron chi connectivity index (χ4n) is 4.22. The molecule has 0 amide bonds. The van der Waals surface area contributed by atoms with Gasteiger partial charge >= 0.3 is 0 Å². The molecular weight excluding hydrogens is 328 g/mol. The lowest BCUT2D eigenvalue weighted by molar-refractivity contribution is -0.0154. The summed E-state index contributed by atoms with van der Waals surface area (Å²) in [5.74, 6) is 2.07. The molecule has 1 aliphatic heterocycles. The molecule has 3 heterocycles. The van der Waals surface area contributed by atoms with Crippen molar-refractivity contribution in [1.29, 1.82) is 0 Å². The number of hydrogen-bond donors (Lipinski definition) is 1. The van der Waals surface area contributed by atoms with Gasteiger partial charge in [0.1, 0.15) is 0 Å². The number of aryl methyl sites for hydroxylation is 1. The van der Waals surface area contributed by atoms with E-state index >= 15 is 0 Å². The van der Waals surface area contributed by atoms with E-state index in [1.54, 1.807) is 0 Å². The van der Waals surface area contributed by atoms with Crippen molar-refractivity contribution in [2.75, 3.05) is 6.61 Å². The summed E-state index contributed by atoms with van der Waals surface area (Å²) in [5, 5.41) is 7.93. The molecule has 1 saturated carbocycles. The molecule has 1 aliphatic carbocycles. The first-order chi connectivity index (χ1) is 12.8. The Balaban J connectivity index is 1.34. The normalized spacial score (nSPS) is 29.6. The van der Waals surface area contributed by atoms with Crippen LogP contribution in [-0.4, -0.2) is 33.8 Å². The Kier molecular flexibility index (Phi) is 5.60. The Bertz CT molecular complexity index is 682. The largest absolute Gasteiger partial charge is 0.372 e. The van der Waals surface area contributed by atoms with Crippen molar-refractivity contribution in [2.45, 2.75) is 76.0 Å². The molecule has 0 unspecified atom stereocenters. The van der Waals surface area contributed by atoms with E-state index in [1.165, 1.54) is 5.56 Å². The molecule has 1 saturated heterocycles. The van der Waals surface area contributed by atoms with Gasteiger partial charge in [0.15, 0.2) is 5.82 Å². The van der Waals surface area contributed by atoms with Gasteiger partial charge in [0.2, 0.25) is 5.89 Å². The second kappa shape index (κ2) is 8.27. The van der Waals surface area contributed by atoms with E-state index in [0.29, 0.717) is 18.0 Å². The third-order valence-corrected chi connectivity index (χ3v) is 5.68. The van der Waals surface area contributed by atoms with Crippen LogP contribution in [0.1, 0.15) is 74.7 Å². The maximum atomic E-state index is 6.10. The van der Waals surface area contributed by atoms with E-state index < -0.39 is 0 Å². The summed E-state index contributed by atoms with van der Waals surface area (Å²) in [6, 6.07) is 5.06. The summed E-state index contributed by atoms with van der Waals surface area (Å²) in [7, 11) is 0. The smallest absolute Gasteiger partial charge is 0.229 e. The highest BCUT2D eigenvalue weighted by molar-refractivity contribution is 5.16. The Morgan fingerprint density at radius 1 is 1.12 bits per heavy atom. The van der Waals surface area contributed by atoms with Gasteiger partial charge in [-0.15, -0.1) is 0 Å². The lowest BCUT2D eigenvalue weighted by Crippen LogP contribution is -2.46. The molecule has 2 aromatic heterocycles. The lowest BCUT2D eigenvalue weighted by atomic mass is 9.84. The topological polar surface area (TPSA) is 73.1 Å². The Morgan fingerprint density at radius 3 is 2.65 bits per heavy atom. The number of pyridine rings is 1. The molecule has 6 heteroatoms. The highest BCUT2D eigenvalue weighted by Crippen LogP contribution is 2.34. The zero-order valence-electron chi connectivity index (χ0n) is 15.4. The van der Waals surface area contributed by atoms with Crippen molar-refractivity contribution in [3.63, 3.8) is 0 Å². The van der Waals surface area contributed by atoms with Crippen molar-refractivity contribution in [3.05, 3.63) is 41.8 Å². The van der Waals surface area contributed by atoms with Crippen LogP contribution >= 0.6 is 0 Å². The molecule has 0 radical (unpaired) electrons. The van der Waals surface area contributed by atoms with E-state index in [-0.39, 0.29) is 6.10 Å². The number of hydrogen-bond acceptors (Lipinski definition) is 6. The van der Waals surface area contributed by atoms with Gasteiger partial charge in [0.05, 0.1) is 6.10 Å². The third kappa shape index (κ3) is 3.96. The van der Waals surface area contributed by atoms with Gasteiger partial charge < -0.3 is 14.6 Å². The Labute approximate surface area is 154 Å². The Hall–Kier alpha value is -1.79. The van der Waals surface area contributed by atoms with Gasteiger partial charge in [-0.3, -0.25) is 4.98 Å². The predicted molar refractivity (Wildman–Crippen MR) is 97.8 cm³/mol. The quantitative estimate of drug-likeness (QED) is 0.883. The van der Waals surface area contributed by atoms with Gasteiger partial charge in [-0.25, -0.2) is 0 Å². The Morgan fingerprint density at radius 2 is 1.92 bits per heavy atom. The summed E-state index contributed by atoms with van der Waals surface area (Å²) in [5.41, 5.74) is 1.23. The lowest BCUT2D eigenvalue weighted by Gasteiger charge is -2.37. The minimum absolute atomic E-state index is 0.132. The standard InChI is InChI=1S/C20H28N4O2/c1-2-18-23-20(26-24-18)15-5-7-16(8-6-15)22-17-4-3-13-25-19(17)14-9-11-21-12-10-14/h9-12,15-17,19,22H,2-8,13H2,1H3/t15?,16?,17-,19+/m0/s1. The molecule has 4 rings (SSSR count). The predicted octanol–water partition coefficient (Wildman–Crippen LogP) is 3.56. The number of rotatable bonds is 5. The fraction of sp³-hybridized carbons (Fsp3) is 0.650. The molecule has 2 atom stereocenters. The van der Waals surface area contributed by atoms with Crippen LogP contribution in [0, 0.1) is 0 Å². The molecule has 2 aromatic rings. The molecule has 0 bridgehead atoms. The zero-order valence-corrected chi connectivity index (χ0v) is 15.4. The molecule has 140 valence electrons. The molecule has 2 aliphatic rings. The molecule has 0 spiro atoms. The van der Waals surface area contributed by atoms with E-state index in [9.17, 15) is 0 Å². The highest BCUT2D eigenvalue weighted by atomic mass is 16.5. The third-order valence-electron chi connectivity index (χ3n) is 5.68. The van der Waals surface area contributed by atoms with Crippen LogP contribution in [0.15, 0.2) is 29.0 Å². The summed E-state index contributed by atoms with van der Waals surface area (Å²) < 4.78 is 11.5. The zero-order chi connectivity index (χ0) is 17.8. The van der Waals surface area contributed by atoms with Crippen molar-refractivity contribution in [2.24, 2.45) is 0 Å². The average Bonchev–Trinajstić information content (AvgIpc) is 3.19. The number of nitrogens with one attached hydrogen (secondary N) is 1. The van der Waals surface area contributed by atoms with Crippen LogP contribution in [0.2, 0.25) is 0 Å². The summed E-state index contributed by atoms with van der Waals surface area (Å²) in [6.45, 7) is 2.90. The van der Waals surface area contributed by atoms with Crippen LogP contribution in [0.4, 0.5) is 0 Å². The van der Waals surface area contributed by atoms with Crippen LogP contribution in [0.25, 0.3) is 0 Å². The number of aromatic nitrogens is 3. The maximum absolute atomic E-state index is 6.10. The molecule has 0 aromatic carbocycles. The molecule has 6 nitrogen and oxygen atoms in total. The number of nitrogens with zero attached hydrogens (tertiary/aromatic N) is 3. The SMILES string of the molecule is CCc1noc(C2CCC(N[C@H]3CCCO[C@@H]3c3ccncc3)CC2)n1. The summed E-state index contributed by atoms with van der Waals surface area (Å²) >= 11 is 0. The van der Waals surface area contributed by atoms with E-state index in [2.05, 4.69) is 39.5 Å². The maximum Gasteiger partial charge on any atom is 0.229 e. The van der Waals surface area contributed by atoms with Crippen molar-refractivity contribution >= 4 is 0 Å². The van der Waals surface area contributed by atoms with Crippen molar-refractivity contribution in [1.82, 2.24) is 20.4 Å². The fourth-order valence-corrected chi connectivity index (χ4v) is 4.22. The van der Waals surface area contributed by atoms with Crippen molar-refractivity contribution < 1.29 is 9.26 Å². The van der Waals surface area contributed by atoms with Crippen LogP contribution in [0.5, 0.6) is 0 Å². The van der Waals surface area contributed by atoms with E-state index in [4.69, 9.17) is 9.26 Å². The van der Waals surface area contributed by atoms with Crippen molar-refractivity contribution in [3.8, 4) is 0 Å². The second-order valence-electron chi connectivity index (χ2n) is 7.44.